The maximum absolute atomic E-state index is 12.3. The molecule has 0 aliphatic rings. The number of esters is 1. The van der Waals surface area contributed by atoms with E-state index < -0.39 is 16.0 Å². The summed E-state index contributed by atoms with van der Waals surface area (Å²) in [7, 11) is -3.68. The van der Waals surface area contributed by atoms with Crippen LogP contribution in [-0.2, 0) is 30.9 Å². The van der Waals surface area contributed by atoms with Gasteiger partial charge in [-0.25, -0.2) is 17.9 Å². The van der Waals surface area contributed by atoms with Gasteiger partial charge in [-0.15, -0.1) is 0 Å². The average Bonchev–Trinajstić information content (AvgIpc) is 3.24. The number of furan rings is 1. The molecule has 0 saturated carbocycles. The number of hydrogen-bond acceptors (Lipinski definition) is 6. The molecular weight excluding hydrogens is 396 g/mol. The van der Waals surface area contributed by atoms with Gasteiger partial charge in [0, 0.05) is 19.2 Å². The largest absolute Gasteiger partial charge is 0.468 e. The molecule has 0 fully saturated rings. The van der Waals surface area contributed by atoms with Gasteiger partial charge in [-0.3, -0.25) is 4.79 Å². The van der Waals surface area contributed by atoms with Gasteiger partial charge in [-0.05, 0) is 49.8 Å². The smallest absolute Gasteiger partial charge is 0.331 e. The molecule has 0 radical (unpaired) electrons. The normalized spacial score (nSPS) is 11.5. The molecule has 1 aromatic carbocycles. The van der Waals surface area contributed by atoms with Gasteiger partial charge in [0.2, 0.25) is 10.0 Å². The van der Waals surface area contributed by atoms with E-state index in [0.717, 1.165) is 0 Å². The van der Waals surface area contributed by atoms with E-state index >= 15 is 0 Å². The van der Waals surface area contributed by atoms with Gasteiger partial charge in [0.05, 0.1) is 17.7 Å². The summed E-state index contributed by atoms with van der Waals surface area (Å²) in [5.74, 6) is -0.401. The van der Waals surface area contributed by atoms with Crippen LogP contribution in [0, 0.1) is 0 Å². The summed E-state index contributed by atoms with van der Waals surface area (Å²) in [5, 5.41) is 0. The number of benzene rings is 1. The summed E-state index contributed by atoms with van der Waals surface area (Å²) in [6, 6.07) is 9.33. The Morgan fingerprint density at radius 2 is 1.83 bits per heavy atom. The van der Waals surface area contributed by atoms with Crippen LogP contribution in [0.2, 0.25) is 0 Å². The van der Waals surface area contributed by atoms with Gasteiger partial charge in [0.1, 0.15) is 5.76 Å². The quantitative estimate of drug-likeness (QED) is 0.466. The van der Waals surface area contributed by atoms with Crippen LogP contribution in [0.3, 0.4) is 0 Å². The molecule has 0 saturated heterocycles. The number of carbonyl (C=O) groups is 2. The summed E-state index contributed by atoms with van der Waals surface area (Å²) in [6.45, 7) is 4.53. The zero-order chi connectivity index (χ0) is 21.3. The van der Waals surface area contributed by atoms with Crippen LogP contribution in [0.5, 0.6) is 0 Å². The first kappa shape index (κ1) is 22.4. The fraction of sp³-hybridized carbons (Fsp3) is 0.300. The molecular formula is C20H24N2O6S. The lowest BCUT2D eigenvalue weighted by Crippen LogP contribution is -2.34. The molecule has 1 N–H and O–H groups in total. The lowest BCUT2D eigenvalue weighted by Gasteiger charge is -2.17. The van der Waals surface area contributed by atoms with Gasteiger partial charge in [-0.2, -0.15) is 0 Å². The highest BCUT2D eigenvalue weighted by Gasteiger charge is 2.14. The third kappa shape index (κ3) is 6.88. The summed E-state index contributed by atoms with van der Waals surface area (Å²) < 4.78 is 37.0. The molecule has 0 atom stereocenters. The summed E-state index contributed by atoms with van der Waals surface area (Å²) in [5.41, 5.74) is 0.613. The lowest BCUT2D eigenvalue weighted by molar-refractivity contribution is -0.147. The van der Waals surface area contributed by atoms with Gasteiger partial charge in [0.15, 0.2) is 6.61 Å². The van der Waals surface area contributed by atoms with Gasteiger partial charge in [-0.1, -0.05) is 12.1 Å². The van der Waals surface area contributed by atoms with E-state index in [0.29, 0.717) is 24.4 Å². The molecule has 156 valence electrons. The van der Waals surface area contributed by atoms with Crippen molar-refractivity contribution in [2.24, 2.45) is 0 Å². The maximum atomic E-state index is 12.3. The molecule has 29 heavy (non-hydrogen) atoms. The molecule has 9 heteroatoms. The van der Waals surface area contributed by atoms with Crippen molar-refractivity contribution in [3.05, 3.63) is 60.1 Å². The number of amides is 1. The predicted octanol–water partition coefficient (Wildman–Crippen LogP) is 2.18. The van der Waals surface area contributed by atoms with E-state index in [9.17, 15) is 18.0 Å². The average molecular weight is 420 g/mol. The Morgan fingerprint density at radius 3 is 2.41 bits per heavy atom. The zero-order valence-corrected chi connectivity index (χ0v) is 17.1. The molecule has 2 aromatic rings. The predicted molar refractivity (Wildman–Crippen MR) is 107 cm³/mol. The molecule has 1 heterocycles. The number of ether oxygens (including phenoxy) is 1. The van der Waals surface area contributed by atoms with Crippen molar-refractivity contribution < 1.29 is 27.2 Å². The lowest BCUT2D eigenvalue weighted by atomic mass is 10.2. The van der Waals surface area contributed by atoms with Crippen LogP contribution in [-0.4, -0.2) is 44.9 Å². The number of rotatable bonds is 10. The SMILES string of the molecule is CCN(CC)C(=O)COC(=O)/C=C/c1ccc(S(=O)(=O)NCc2ccco2)cc1. The minimum atomic E-state index is -3.68. The van der Waals surface area contributed by atoms with Crippen molar-refractivity contribution in [1.29, 1.82) is 0 Å². The van der Waals surface area contributed by atoms with Gasteiger partial charge < -0.3 is 14.1 Å². The van der Waals surface area contributed by atoms with E-state index in [1.807, 2.05) is 13.8 Å². The van der Waals surface area contributed by atoms with Gasteiger partial charge >= 0.3 is 5.97 Å². The van der Waals surface area contributed by atoms with Crippen LogP contribution < -0.4 is 4.72 Å². The van der Waals surface area contributed by atoms with Crippen molar-refractivity contribution in [2.45, 2.75) is 25.3 Å². The Bertz CT molecular complexity index is 930. The molecule has 2 rings (SSSR count). The van der Waals surface area contributed by atoms with Crippen molar-refractivity contribution in [2.75, 3.05) is 19.7 Å². The van der Waals surface area contributed by atoms with Crippen LogP contribution in [0.1, 0.15) is 25.2 Å². The number of nitrogens with zero attached hydrogens (tertiary/aromatic N) is 1. The third-order valence-electron chi connectivity index (χ3n) is 4.07. The third-order valence-corrected chi connectivity index (χ3v) is 5.49. The molecule has 0 bridgehead atoms. The van der Waals surface area contributed by atoms with Crippen LogP contribution in [0.15, 0.2) is 58.1 Å². The highest BCUT2D eigenvalue weighted by Crippen LogP contribution is 2.12. The molecule has 0 unspecified atom stereocenters. The highest BCUT2D eigenvalue weighted by atomic mass is 32.2. The second kappa shape index (κ2) is 10.6. The number of hydrogen-bond donors (Lipinski definition) is 1. The minimum Gasteiger partial charge on any atom is -0.468 e. The number of likely N-dealkylation sites (N-methyl/N-ethyl adjacent to an activating group) is 1. The van der Waals surface area contributed by atoms with Crippen LogP contribution in [0.4, 0.5) is 0 Å². The fourth-order valence-electron chi connectivity index (χ4n) is 2.43. The second-order valence-electron chi connectivity index (χ2n) is 5.98. The first-order valence-corrected chi connectivity index (χ1v) is 10.6. The van der Waals surface area contributed by atoms with E-state index in [-0.39, 0.29) is 24.0 Å². The molecule has 0 aliphatic carbocycles. The van der Waals surface area contributed by atoms with Crippen LogP contribution >= 0.6 is 0 Å². The van der Waals surface area contributed by atoms with E-state index in [1.165, 1.54) is 30.5 Å². The summed E-state index contributed by atoms with van der Waals surface area (Å²) >= 11 is 0. The van der Waals surface area contributed by atoms with Crippen molar-refractivity contribution in [3.63, 3.8) is 0 Å². The molecule has 0 spiro atoms. The summed E-state index contributed by atoms with van der Waals surface area (Å²) in [6.07, 6.45) is 4.14. The second-order valence-corrected chi connectivity index (χ2v) is 7.75. The number of sulfonamides is 1. The van der Waals surface area contributed by atoms with E-state index in [1.54, 1.807) is 29.2 Å². The molecule has 1 amide bonds. The Labute approximate surface area is 170 Å². The highest BCUT2D eigenvalue weighted by molar-refractivity contribution is 7.89. The van der Waals surface area contributed by atoms with Crippen molar-refractivity contribution >= 4 is 28.0 Å². The molecule has 0 aliphatic heterocycles. The van der Waals surface area contributed by atoms with E-state index in [2.05, 4.69) is 4.72 Å². The summed E-state index contributed by atoms with van der Waals surface area (Å²) in [4.78, 5) is 25.2. The number of nitrogens with one attached hydrogen (secondary N) is 1. The topological polar surface area (TPSA) is 106 Å². The zero-order valence-electron chi connectivity index (χ0n) is 16.3. The standard InChI is InChI=1S/C20H24N2O6S/c1-3-22(4-2)19(23)15-28-20(24)12-9-16-7-10-18(11-8-16)29(25,26)21-14-17-6-5-13-27-17/h5-13,21H,3-4,14-15H2,1-2H3/b12-9+. The van der Waals surface area contributed by atoms with Crippen LogP contribution in [0.25, 0.3) is 6.08 Å². The molecule has 1 aromatic heterocycles. The Balaban J connectivity index is 1.89. The first-order chi connectivity index (χ1) is 13.9. The first-order valence-electron chi connectivity index (χ1n) is 9.10. The Hall–Kier alpha value is -2.91. The number of carbonyl (C=O) groups excluding carboxylic acids is 2. The van der Waals surface area contributed by atoms with E-state index in [4.69, 9.17) is 9.15 Å². The minimum absolute atomic E-state index is 0.0506. The fourth-order valence-corrected chi connectivity index (χ4v) is 3.43. The molecule has 8 nitrogen and oxygen atoms in total. The van der Waals surface area contributed by atoms with Crippen molar-refractivity contribution in [3.8, 4) is 0 Å². The Morgan fingerprint density at radius 1 is 1.14 bits per heavy atom. The Kier molecular flexibility index (Phi) is 8.17. The van der Waals surface area contributed by atoms with Gasteiger partial charge in [0.25, 0.3) is 5.91 Å². The van der Waals surface area contributed by atoms with Crippen molar-refractivity contribution in [1.82, 2.24) is 9.62 Å². The monoisotopic (exact) mass is 420 g/mol. The maximum Gasteiger partial charge on any atom is 0.331 e.